The second-order valence-electron chi connectivity index (χ2n) is 6.64. The number of aliphatic hydroxyl groups excluding tert-OH is 1. The molecule has 1 amide bonds. The number of methoxy groups -OCH3 is 1. The predicted molar refractivity (Wildman–Crippen MR) is 111 cm³/mol. The number of nitrogens with zero attached hydrogens (tertiary/aromatic N) is 1. The molecule has 1 aliphatic heterocycles. The van der Waals surface area contributed by atoms with Crippen LogP contribution in [0.1, 0.15) is 17.2 Å². The molecule has 1 aliphatic rings. The number of ether oxygens (including phenoxy) is 1. The van der Waals surface area contributed by atoms with Crippen molar-refractivity contribution < 1.29 is 19.4 Å². The third-order valence-corrected chi connectivity index (χ3v) is 4.96. The van der Waals surface area contributed by atoms with Gasteiger partial charge < -0.3 is 9.84 Å². The lowest BCUT2D eigenvalue weighted by Crippen LogP contribution is -2.29. The second-order valence-corrected chi connectivity index (χ2v) is 6.64. The van der Waals surface area contributed by atoms with E-state index in [1.807, 2.05) is 36.4 Å². The molecule has 5 nitrogen and oxygen atoms in total. The van der Waals surface area contributed by atoms with Crippen molar-refractivity contribution in [1.82, 2.24) is 0 Å². The number of benzene rings is 3. The Hall–Kier alpha value is -3.86. The van der Waals surface area contributed by atoms with Crippen LogP contribution < -0.4 is 9.64 Å². The van der Waals surface area contributed by atoms with Crippen LogP contribution in [0.15, 0.2) is 90.5 Å². The van der Waals surface area contributed by atoms with Crippen molar-refractivity contribution in [3.8, 4) is 5.75 Å². The number of anilines is 1. The molecule has 5 heteroatoms. The number of amides is 1. The number of hydrogen-bond donors (Lipinski definition) is 1. The molecule has 0 aromatic heterocycles. The third-order valence-electron chi connectivity index (χ3n) is 4.96. The largest absolute Gasteiger partial charge is 0.507 e. The fourth-order valence-electron chi connectivity index (χ4n) is 3.54. The quantitative estimate of drug-likeness (QED) is 0.413. The van der Waals surface area contributed by atoms with E-state index in [0.717, 1.165) is 5.56 Å². The maximum Gasteiger partial charge on any atom is 0.300 e. The molecule has 0 aliphatic carbocycles. The first-order valence-corrected chi connectivity index (χ1v) is 9.17. The van der Waals surface area contributed by atoms with Crippen LogP contribution >= 0.6 is 0 Å². The molecular formula is C24H19NO4. The molecule has 0 bridgehead atoms. The average molecular weight is 385 g/mol. The maximum absolute atomic E-state index is 13.0. The van der Waals surface area contributed by atoms with Crippen LogP contribution in [0.2, 0.25) is 0 Å². The van der Waals surface area contributed by atoms with Crippen molar-refractivity contribution in [1.29, 1.82) is 0 Å². The van der Waals surface area contributed by atoms with Crippen LogP contribution in [-0.4, -0.2) is 23.9 Å². The number of rotatable bonds is 4. The molecule has 1 heterocycles. The summed E-state index contributed by atoms with van der Waals surface area (Å²) in [5.41, 5.74) is 1.85. The zero-order valence-corrected chi connectivity index (χ0v) is 15.8. The molecule has 1 fully saturated rings. The number of hydrogen-bond acceptors (Lipinski definition) is 4. The number of ketones is 1. The summed E-state index contributed by atoms with van der Waals surface area (Å²) in [6.07, 6.45) is 0. The highest BCUT2D eigenvalue weighted by atomic mass is 16.5. The van der Waals surface area contributed by atoms with Gasteiger partial charge in [-0.1, -0.05) is 60.7 Å². The van der Waals surface area contributed by atoms with Gasteiger partial charge in [0.25, 0.3) is 11.7 Å². The molecule has 1 N–H and O–H groups in total. The molecule has 0 radical (unpaired) electrons. The van der Waals surface area contributed by atoms with Crippen molar-refractivity contribution >= 4 is 23.1 Å². The van der Waals surface area contributed by atoms with Gasteiger partial charge in [-0.2, -0.15) is 0 Å². The highest BCUT2D eigenvalue weighted by Crippen LogP contribution is 2.42. The fraction of sp³-hybridized carbons (Fsp3) is 0.0833. The minimum absolute atomic E-state index is 0.0724. The smallest absolute Gasteiger partial charge is 0.300 e. The van der Waals surface area contributed by atoms with Gasteiger partial charge in [-0.05, 0) is 29.8 Å². The van der Waals surface area contributed by atoms with E-state index >= 15 is 0 Å². The minimum Gasteiger partial charge on any atom is -0.507 e. The number of carbonyl (C=O) groups is 2. The summed E-state index contributed by atoms with van der Waals surface area (Å²) in [5, 5.41) is 10.9. The van der Waals surface area contributed by atoms with E-state index in [1.54, 1.807) is 55.6 Å². The SMILES string of the molecule is COc1ccc(N2C(=O)C(=O)C(=C(O)c3ccccc3)C2c2ccccc2)cc1. The van der Waals surface area contributed by atoms with Gasteiger partial charge in [-0.3, -0.25) is 14.5 Å². The van der Waals surface area contributed by atoms with Gasteiger partial charge in [0.2, 0.25) is 0 Å². The Balaban J connectivity index is 1.91. The maximum atomic E-state index is 13.0. The molecule has 1 saturated heterocycles. The molecule has 29 heavy (non-hydrogen) atoms. The van der Waals surface area contributed by atoms with E-state index in [1.165, 1.54) is 4.90 Å². The molecule has 1 atom stereocenters. The van der Waals surface area contributed by atoms with Gasteiger partial charge in [0.15, 0.2) is 0 Å². The number of Topliss-reactive ketones (excluding diaryl/α,β-unsaturated/α-hetero) is 1. The summed E-state index contributed by atoms with van der Waals surface area (Å²) in [5.74, 6) is -0.933. The van der Waals surface area contributed by atoms with Gasteiger partial charge in [-0.25, -0.2) is 0 Å². The Labute approximate surface area is 168 Å². The number of carbonyl (C=O) groups excluding carboxylic acids is 2. The molecule has 3 aromatic rings. The van der Waals surface area contributed by atoms with Crippen LogP contribution in [0.4, 0.5) is 5.69 Å². The van der Waals surface area contributed by atoms with Gasteiger partial charge in [0, 0.05) is 11.3 Å². The summed E-state index contributed by atoms with van der Waals surface area (Å²) in [7, 11) is 1.56. The van der Waals surface area contributed by atoms with Gasteiger partial charge in [0.05, 0.1) is 18.7 Å². The van der Waals surface area contributed by atoms with Crippen molar-refractivity contribution in [3.63, 3.8) is 0 Å². The Kier molecular flexibility index (Phi) is 4.87. The number of aliphatic hydroxyl groups is 1. The summed E-state index contributed by atoms with van der Waals surface area (Å²) in [6, 6.07) is 24.2. The van der Waals surface area contributed by atoms with Crippen molar-refractivity contribution in [2.24, 2.45) is 0 Å². The summed E-state index contributed by atoms with van der Waals surface area (Å²) in [4.78, 5) is 27.4. The lowest BCUT2D eigenvalue weighted by Gasteiger charge is -2.25. The summed E-state index contributed by atoms with van der Waals surface area (Å²) >= 11 is 0. The Morgan fingerprint density at radius 1 is 0.862 bits per heavy atom. The average Bonchev–Trinajstić information content (AvgIpc) is 3.05. The monoisotopic (exact) mass is 385 g/mol. The fourth-order valence-corrected chi connectivity index (χ4v) is 3.54. The third kappa shape index (κ3) is 3.27. The molecule has 4 rings (SSSR count). The minimum atomic E-state index is -0.732. The van der Waals surface area contributed by atoms with Gasteiger partial charge in [-0.15, -0.1) is 0 Å². The van der Waals surface area contributed by atoms with Gasteiger partial charge >= 0.3 is 0 Å². The van der Waals surface area contributed by atoms with E-state index in [2.05, 4.69) is 0 Å². The topological polar surface area (TPSA) is 66.8 Å². The second kappa shape index (κ2) is 7.64. The zero-order chi connectivity index (χ0) is 20.4. The first-order valence-electron chi connectivity index (χ1n) is 9.17. The molecular weight excluding hydrogens is 366 g/mol. The van der Waals surface area contributed by atoms with Crippen LogP contribution in [0.5, 0.6) is 5.75 Å². The van der Waals surface area contributed by atoms with E-state index in [4.69, 9.17) is 4.74 Å². The lowest BCUT2D eigenvalue weighted by atomic mass is 9.95. The van der Waals surface area contributed by atoms with E-state index < -0.39 is 17.7 Å². The van der Waals surface area contributed by atoms with Crippen molar-refractivity contribution in [2.75, 3.05) is 12.0 Å². The van der Waals surface area contributed by atoms with Crippen LogP contribution in [0.3, 0.4) is 0 Å². The van der Waals surface area contributed by atoms with E-state index in [9.17, 15) is 14.7 Å². The van der Waals surface area contributed by atoms with Crippen molar-refractivity contribution in [3.05, 3.63) is 102 Å². The van der Waals surface area contributed by atoms with E-state index in [-0.39, 0.29) is 11.3 Å². The van der Waals surface area contributed by atoms with Gasteiger partial charge in [0.1, 0.15) is 11.5 Å². The van der Waals surface area contributed by atoms with Crippen LogP contribution in [-0.2, 0) is 9.59 Å². The normalized spacial score (nSPS) is 18.1. The highest BCUT2D eigenvalue weighted by Gasteiger charge is 2.46. The Morgan fingerprint density at radius 2 is 1.45 bits per heavy atom. The highest BCUT2D eigenvalue weighted by molar-refractivity contribution is 6.51. The molecule has 0 saturated carbocycles. The lowest BCUT2D eigenvalue weighted by molar-refractivity contribution is -0.132. The Bertz CT molecular complexity index is 1070. The van der Waals surface area contributed by atoms with Crippen LogP contribution in [0.25, 0.3) is 5.76 Å². The first kappa shape index (κ1) is 18.5. The molecule has 0 spiro atoms. The summed E-state index contributed by atoms with van der Waals surface area (Å²) < 4.78 is 5.19. The predicted octanol–water partition coefficient (Wildman–Crippen LogP) is 4.32. The molecule has 1 unspecified atom stereocenters. The molecule has 144 valence electrons. The summed E-state index contributed by atoms with van der Waals surface area (Å²) in [6.45, 7) is 0. The standard InChI is InChI=1S/C24H19NO4/c1-29-19-14-12-18(13-15-19)25-21(16-8-4-2-5-9-16)20(23(27)24(25)28)22(26)17-10-6-3-7-11-17/h2-15,21,26H,1H3. The van der Waals surface area contributed by atoms with Crippen molar-refractivity contribution in [2.45, 2.75) is 6.04 Å². The Morgan fingerprint density at radius 3 is 2.03 bits per heavy atom. The van der Waals surface area contributed by atoms with Crippen LogP contribution in [0, 0.1) is 0 Å². The first-order chi connectivity index (χ1) is 14.1. The molecule has 3 aromatic carbocycles. The zero-order valence-electron chi connectivity index (χ0n) is 15.8. The van der Waals surface area contributed by atoms with E-state index in [0.29, 0.717) is 17.0 Å².